The minimum Gasteiger partial charge on any atom is -0.353 e. The summed E-state index contributed by atoms with van der Waals surface area (Å²) in [5.41, 5.74) is 8.74. The van der Waals surface area contributed by atoms with Gasteiger partial charge < -0.3 is 11.1 Å². The summed E-state index contributed by atoms with van der Waals surface area (Å²) in [5, 5.41) is 3.30. The van der Waals surface area contributed by atoms with E-state index < -0.39 is 0 Å². The minimum absolute atomic E-state index is 0.642. The molecule has 2 rings (SSSR count). The highest BCUT2D eigenvalue weighted by atomic mass is 14.9. The summed E-state index contributed by atoms with van der Waals surface area (Å²) in [6, 6.07) is 8.12. The Kier molecular flexibility index (Phi) is 3.67. The number of nitrogens with two attached hydrogens (primary N) is 1. The first-order valence-electron chi connectivity index (χ1n) is 5.63. The lowest BCUT2D eigenvalue weighted by molar-refractivity contribution is 0.970. The third-order valence-electron chi connectivity index (χ3n) is 2.49. The molecule has 0 aliphatic heterocycles. The van der Waals surface area contributed by atoms with Gasteiger partial charge in [0.2, 0.25) is 0 Å². The lowest BCUT2D eigenvalue weighted by Crippen LogP contribution is -2.05. The second-order valence-corrected chi connectivity index (χ2v) is 3.84. The molecule has 4 nitrogen and oxygen atoms in total. The van der Waals surface area contributed by atoms with Gasteiger partial charge in [-0.25, -0.2) is 9.97 Å². The van der Waals surface area contributed by atoms with E-state index in [4.69, 9.17) is 5.73 Å². The molecule has 0 amide bonds. The van der Waals surface area contributed by atoms with Crippen molar-refractivity contribution in [1.29, 1.82) is 0 Å². The van der Waals surface area contributed by atoms with Crippen LogP contribution in [0.2, 0.25) is 0 Å². The van der Waals surface area contributed by atoms with E-state index in [0.717, 1.165) is 23.6 Å². The van der Waals surface area contributed by atoms with Gasteiger partial charge in [0, 0.05) is 5.69 Å². The van der Waals surface area contributed by atoms with Gasteiger partial charge in [0.15, 0.2) is 0 Å². The Morgan fingerprint density at radius 1 is 1.18 bits per heavy atom. The highest BCUT2D eigenvalue weighted by molar-refractivity contribution is 5.61. The van der Waals surface area contributed by atoms with Gasteiger partial charge in [-0.2, -0.15) is 0 Å². The zero-order valence-electron chi connectivity index (χ0n) is 9.85. The summed E-state index contributed by atoms with van der Waals surface area (Å²) < 4.78 is 0. The third kappa shape index (κ3) is 3.01. The van der Waals surface area contributed by atoms with Gasteiger partial charge in [0.1, 0.15) is 5.82 Å². The number of nitrogens with one attached hydrogen (secondary N) is 1. The zero-order chi connectivity index (χ0) is 12.1. The van der Waals surface area contributed by atoms with Crippen molar-refractivity contribution in [3.05, 3.63) is 48.0 Å². The summed E-state index contributed by atoms with van der Waals surface area (Å²) in [6.07, 6.45) is 4.42. The summed E-state index contributed by atoms with van der Waals surface area (Å²) in [7, 11) is 0. The van der Waals surface area contributed by atoms with Crippen molar-refractivity contribution in [3.63, 3.8) is 0 Å². The Balaban J connectivity index is 2.20. The second-order valence-electron chi connectivity index (χ2n) is 3.84. The molecule has 1 heterocycles. The van der Waals surface area contributed by atoms with Gasteiger partial charge in [0.05, 0.1) is 18.1 Å². The fourth-order valence-corrected chi connectivity index (χ4v) is 1.63. The van der Waals surface area contributed by atoms with Crippen molar-refractivity contribution in [2.75, 3.05) is 11.9 Å². The molecule has 0 atom stereocenters. The Morgan fingerprint density at radius 2 is 1.88 bits per heavy atom. The molecule has 0 saturated heterocycles. The van der Waals surface area contributed by atoms with Crippen LogP contribution in [-0.2, 0) is 6.42 Å². The van der Waals surface area contributed by atoms with Crippen LogP contribution in [0.1, 0.15) is 11.4 Å². The highest BCUT2D eigenvalue weighted by Gasteiger charge is 2.01. The molecule has 1 aromatic carbocycles. The number of aromatic nitrogens is 2. The second kappa shape index (κ2) is 5.41. The van der Waals surface area contributed by atoms with Crippen molar-refractivity contribution in [2.24, 2.45) is 5.73 Å². The number of hydrogen-bond donors (Lipinski definition) is 2. The molecule has 4 heteroatoms. The molecular formula is C13H16N4. The molecule has 0 radical (unpaired) electrons. The molecule has 3 N–H and O–H groups in total. The number of rotatable bonds is 4. The van der Waals surface area contributed by atoms with E-state index >= 15 is 0 Å². The molecule has 0 aliphatic rings. The average molecular weight is 228 g/mol. The van der Waals surface area contributed by atoms with Gasteiger partial charge in [-0.1, -0.05) is 18.2 Å². The molecule has 0 bridgehead atoms. The number of aryl methyl sites for hydroxylation is 1. The van der Waals surface area contributed by atoms with E-state index in [9.17, 15) is 0 Å². The van der Waals surface area contributed by atoms with Crippen molar-refractivity contribution < 1.29 is 0 Å². The third-order valence-corrected chi connectivity index (χ3v) is 2.49. The first-order valence-corrected chi connectivity index (χ1v) is 5.63. The van der Waals surface area contributed by atoms with Crippen LogP contribution in [0.3, 0.4) is 0 Å². The van der Waals surface area contributed by atoms with Crippen LogP contribution in [0, 0.1) is 6.92 Å². The zero-order valence-corrected chi connectivity index (χ0v) is 9.85. The van der Waals surface area contributed by atoms with Gasteiger partial charge in [-0.15, -0.1) is 0 Å². The van der Waals surface area contributed by atoms with E-state index in [1.165, 1.54) is 5.56 Å². The lowest BCUT2D eigenvalue weighted by Gasteiger charge is -2.10. The predicted molar refractivity (Wildman–Crippen MR) is 69.3 cm³/mol. The quantitative estimate of drug-likeness (QED) is 0.840. The van der Waals surface area contributed by atoms with Crippen LogP contribution >= 0.6 is 0 Å². The summed E-state index contributed by atoms with van der Waals surface area (Å²) in [4.78, 5) is 8.31. The largest absolute Gasteiger partial charge is 0.353 e. The SMILES string of the molecule is Cc1ncc(Nc2ccccc2CCN)cn1. The van der Waals surface area contributed by atoms with E-state index in [1.54, 1.807) is 12.4 Å². The molecule has 2 aromatic rings. The maximum absolute atomic E-state index is 5.59. The van der Waals surface area contributed by atoms with Crippen LogP contribution in [0.4, 0.5) is 11.4 Å². The first kappa shape index (κ1) is 11.5. The molecule has 0 unspecified atom stereocenters. The normalized spacial score (nSPS) is 10.2. The van der Waals surface area contributed by atoms with Crippen molar-refractivity contribution >= 4 is 11.4 Å². The fourth-order valence-electron chi connectivity index (χ4n) is 1.63. The monoisotopic (exact) mass is 228 g/mol. The number of anilines is 2. The van der Waals surface area contributed by atoms with Crippen LogP contribution < -0.4 is 11.1 Å². The fraction of sp³-hybridized carbons (Fsp3) is 0.231. The number of benzene rings is 1. The lowest BCUT2D eigenvalue weighted by atomic mass is 10.1. The van der Waals surface area contributed by atoms with Crippen LogP contribution in [-0.4, -0.2) is 16.5 Å². The number of nitrogens with zero attached hydrogens (tertiary/aromatic N) is 2. The molecule has 17 heavy (non-hydrogen) atoms. The van der Waals surface area contributed by atoms with Crippen molar-refractivity contribution in [2.45, 2.75) is 13.3 Å². The van der Waals surface area contributed by atoms with Crippen LogP contribution in [0.25, 0.3) is 0 Å². The summed E-state index contributed by atoms with van der Waals surface area (Å²) in [5.74, 6) is 0.769. The Labute approximate surface area is 101 Å². The van der Waals surface area contributed by atoms with Gasteiger partial charge in [0.25, 0.3) is 0 Å². The van der Waals surface area contributed by atoms with E-state index in [0.29, 0.717) is 6.54 Å². The first-order chi connectivity index (χ1) is 8.29. The molecule has 0 aliphatic carbocycles. The summed E-state index contributed by atoms with van der Waals surface area (Å²) >= 11 is 0. The maximum Gasteiger partial charge on any atom is 0.125 e. The molecule has 88 valence electrons. The van der Waals surface area contributed by atoms with E-state index in [-0.39, 0.29) is 0 Å². The van der Waals surface area contributed by atoms with Crippen molar-refractivity contribution in [3.8, 4) is 0 Å². The average Bonchev–Trinajstić information content (AvgIpc) is 2.35. The van der Waals surface area contributed by atoms with Gasteiger partial charge in [-0.3, -0.25) is 0 Å². The smallest absolute Gasteiger partial charge is 0.125 e. The topological polar surface area (TPSA) is 63.8 Å². The van der Waals surface area contributed by atoms with Crippen molar-refractivity contribution in [1.82, 2.24) is 9.97 Å². The highest BCUT2D eigenvalue weighted by Crippen LogP contribution is 2.19. The van der Waals surface area contributed by atoms with E-state index in [1.807, 2.05) is 25.1 Å². The summed E-state index contributed by atoms with van der Waals surface area (Å²) in [6.45, 7) is 2.51. The maximum atomic E-state index is 5.59. The van der Waals surface area contributed by atoms with Crippen LogP contribution in [0.5, 0.6) is 0 Å². The molecular weight excluding hydrogens is 212 g/mol. The minimum atomic E-state index is 0.642. The molecule has 0 saturated carbocycles. The van der Waals surface area contributed by atoms with E-state index in [2.05, 4.69) is 21.4 Å². The molecule has 1 aromatic heterocycles. The van der Waals surface area contributed by atoms with Gasteiger partial charge >= 0.3 is 0 Å². The van der Waals surface area contributed by atoms with Crippen LogP contribution in [0.15, 0.2) is 36.7 Å². The predicted octanol–water partition coefficient (Wildman–Crippen LogP) is 2.03. The Morgan fingerprint density at radius 3 is 2.59 bits per heavy atom. The Bertz CT molecular complexity index is 479. The van der Waals surface area contributed by atoms with Gasteiger partial charge in [-0.05, 0) is 31.5 Å². The number of hydrogen-bond acceptors (Lipinski definition) is 4. The molecule has 0 fully saturated rings. The Hall–Kier alpha value is -1.94. The standard InChI is InChI=1S/C13H16N4/c1-10-15-8-12(9-16-10)17-13-5-3-2-4-11(13)6-7-14/h2-5,8-9,17H,6-7,14H2,1H3. The molecule has 0 spiro atoms. The number of para-hydroxylation sites is 1.